The fraction of sp³-hybridized carbons (Fsp3) is 0. The highest BCUT2D eigenvalue weighted by Crippen LogP contribution is 2.47. The van der Waals surface area contributed by atoms with E-state index in [0.717, 1.165) is 21.5 Å². The molecule has 0 unspecified atom stereocenters. The monoisotopic (exact) mass is 712 g/mol. The molecule has 0 fully saturated rings. The van der Waals surface area contributed by atoms with E-state index in [1.54, 1.807) is 0 Å². The van der Waals surface area contributed by atoms with Crippen molar-refractivity contribution in [2.45, 2.75) is 0 Å². The molecule has 0 radical (unpaired) electrons. The van der Waals surface area contributed by atoms with E-state index in [1.165, 1.54) is 113 Å². The fourth-order valence-corrected chi connectivity index (χ4v) is 10.5. The Morgan fingerprint density at radius 3 is 1.22 bits per heavy atom. The van der Waals surface area contributed by atoms with E-state index in [0.29, 0.717) is 0 Å². The molecule has 55 heavy (non-hydrogen) atoms. The van der Waals surface area contributed by atoms with Crippen LogP contribution in [0.15, 0.2) is 176 Å². The third-order valence-corrected chi connectivity index (χ3v) is 12.9. The van der Waals surface area contributed by atoms with E-state index in [2.05, 4.69) is 176 Å². The van der Waals surface area contributed by atoms with Crippen molar-refractivity contribution in [1.82, 2.24) is 0 Å². The molecule has 0 nitrogen and oxygen atoms in total. The molecule has 0 aliphatic heterocycles. The summed E-state index contributed by atoms with van der Waals surface area (Å²) in [4.78, 5) is 0. The van der Waals surface area contributed by atoms with Gasteiger partial charge in [-0.1, -0.05) is 169 Å². The molecule has 13 rings (SSSR count). The van der Waals surface area contributed by atoms with Gasteiger partial charge in [-0.05, 0) is 143 Å². The summed E-state index contributed by atoms with van der Waals surface area (Å²) in [7, 11) is 0. The van der Waals surface area contributed by atoms with Gasteiger partial charge in [0.1, 0.15) is 0 Å². The molecule has 0 aliphatic rings. The van der Waals surface area contributed by atoms with Crippen molar-refractivity contribution >= 4 is 119 Å². The number of rotatable bonds is 2. The second-order valence-corrected chi connectivity index (χ2v) is 15.7. The first-order valence-corrected chi connectivity index (χ1v) is 19.4. The Labute approximate surface area is 321 Å². The van der Waals surface area contributed by atoms with Crippen molar-refractivity contribution < 1.29 is 0 Å². The summed E-state index contributed by atoms with van der Waals surface area (Å²) in [6.07, 6.45) is 0. The summed E-state index contributed by atoms with van der Waals surface area (Å²) in [5, 5.41) is 26.4. The predicted octanol–water partition coefficient (Wildman–Crippen LogP) is 16.1. The maximum Gasteiger partial charge on any atom is 0.0491 e. The van der Waals surface area contributed by atoms with Crippen LogP contribution in [0.25, 0.3) is 130 Å². The van der Waals surface area contributed by atoms with Gasteiger partial charge in [0.25, 0.3) is 0 Å². The molecule has 0 aromatic heterocycles. The topological polar surface area (TPSA) is 0 Å². The van der Waals surface area contributed by atoms with E-state index >= 15 is 0 Å². The molecule has 252 valence electrons. The molecular formula is C54H29Cl. The molecular weight excluding hydrogens is 684 g/mol. The van der Waals surface area contributed by atoms with Crippen LogP contribution in [0.5, 0.6) is 0 Å². The van der Waals surface area contributed by atoms with Crippen LogP contribution in [0.1, 0.15) is 0 Å². The maximum absolute atomic E-state index is 7.22. The average Bonchev–Trinajstić information content (AvgIpc) is 3.23. The van der Waals surface area contributed by atoms with E-state index in [4.69, 9.17) is 11.6 Å². The van der Waals surface area contributed by atoms with Crippen LogP contribution in [-0.4, -0.2) is 0 Å². The summed E-state index contributed by atoms with van der Waals surface area (Å²) in [5.41, 5.74) is 4.70. The van der Waals surface area contributed by atoms with Gasteiger partial charge in [-0.2, -0.15) is 0 Å². The van der Waals surface area contributed by atoms with Gasteiger partial charge in [-0.3, -0.25) is 0 Å². The Morgan fingerprint density at radius 2 is 0.655 bits per heavy atom. The van der Waals surface area contributed by atoms with Crippen LogP contribution in [0.3, 0.4) is 0 Å². The summed E-state index contributed by atoms with van der Waals surface area (Å²) >= 11 is 7.22. The lowest BCUT2D eigenvalue weighted by Gasteiger charge is -2.18. The molecule has 0 spiro atoms. The zero-order chi connectivity index (χ0) is 35.9. The van der Waals surface area contributed by atoms with Gasteiger partial charge in [0.05, 0.1) is 0 Å². The fourth-order valence-electron chi connectivity index (χ4n) is 10.2. The average molecular weight is 713 g/mol. The minimum atomic E-state index is 0.767. The second kappa shape index (κ2) is 10.7. The highest BCUT2D eigenvalue weighted by molar-refractivity contribution is 6.38. The molecule has 0 amide bonds. The third-order valence-electron chi connectivity index (χ3n) is 12.6. The Balaban J connectivity index is 1.01. The van der Waals surface area contributed by atoms with Gasteiger partial charge in [0.15, 0.2) is 0 Å². The number of hydrogen-bond donors (Lipinski definition) is 0. The molecule has 1 heteroatoms. The van der Waals surface area contributed by atoms with Gasteiger partial charge >= 0.3 is 0 Å². The molecule has 0 heterocycles. The van der Waals surface area contributed by atoms with Crippen LogP contribution >= 0.6 is 11.6 Å². The van der Waals surface area contributed by atoms with E-state index in [1.807, 2.05) is 0 Å². The van der Waals surface area contributed by atoms with Crippen LogP contribution in [0.2, 0.25) is 5.02 Å². The first kappa shape index (κ1) is 29.7. The highest BCUT2D eigenvalue weighted by Gasteiger charge is 2.19. The van der Waals surface area contributed by atoms with Crippen LogP contribution in [0, 0.1) is 0 Å². The Morgan fingerprint density at radius 1 is 0.236 bits per heavy atom. The summed E-state index contributed by atoms with van der Waals surface area (Å²) in [5.74, 6) is 0. The minimum Gasteiger partial charge on any atom is -0.0836 e. The lowest BCUT2D eigenvalue weighted by molar-refractivity contribution is 1.69. The van der Waals surface area contributed by atoms with Gasteiger partial charge < -0.3 is 0 Å². The smallest absolute Gasteiger partial charge is 0.0491 e. The lowest BCUT2D eigenvalue weighted by Crippen LogP contribution is -1.90. The van der Waals surface area contributed by atoms with Crippen LogP contribution in [-0.2, 0) is 0 Å². The number of fused-ring (bicyclic) bond motifs is 7. The predicted molar refractivity (Wildman–Crippen MR) is 240 cm³/mol. The molecule has 0 saturated heterocycles. The van der Waals surface area contributed by atoms with Crippen molar-refractivity contribution in [2.75, 3.05) is 0 Å². The molecule has 0 N–H and O–H groups in total. The number of hydrogen-bond acceptors (Lipinski definition) is 0. The maximum atomic E-state index is 7.22. The normalized spacial score (nSPS) is 12.5. The van der Waals surface area contributed by atoms with Gasteiger partial charge in [0, 0.05) is 10.6 Å². The number of halogens is 1. The zero-order valence-corrected chi connectivity index (χ0v) is 30.4. The first-order chi connectivity index (χ1) is 27.2. The van der Waals surface area contributed by atoms with E-state index in [9.17, 15) is 0 Å². The van der Waals surface area contributed by atoms with Crippen molar-refractivity contribution in [3.63, 3.8) is 0 Å². The van der Waals surface area contributed by atoms with Crippen LogP contribution in [0.4, 0.5) is 0 Å². The van der Waals surface area contributed by atoms with E-state index in [-0.39, 0.29) is 0 Å². The summed E-state index contributed by atoms with van der Waals surface area (Å²) in [6.45, 7) is 0. The first-order valence-electron chi connectivity index (χ1n) is 19.0. The van der Waals surface area contributed by atoms with Crippen molar-refractivity contribution in [1.29, 1.82) is 0 Å². The quantitative estimate of drug-likeness (QED) is 0.124. The molecule has 0 saturated carbocycles. The van der Waals surface area contributed by atoms with Gasteiger partial charge in [0.2, 0.25) is 0 Å². The second-order valence-electron chi connectivity index (χ2n) is 15.3. The lowest BCUT2D eigenvalue weighted by atomic mass is 9.86. The van der Waals surface area contributed by atoms with Crippen LogP contribution < -0.4 is 0 Å². The molecule has 0 aliphatic carbocycles. The molecule has 0 bridgehead atoms. The zero-order valence-electron chi connectivity index (χ0n) is 29.6. The Hall–Kier alpha value is -6.73. The molecule has 0 atom stereocenters. The Kier molecular flexibility index (Phi) is 5.77. The standard InChI is InChI=1S/C54H29Cl/c55-50-28-34-20-19-32-27-33(35-23-25-46-42-13-3-9-30-7-1-11-40(51(30)42)44-17-5-15-38(35)53(44)46)21-22-36(32)48(34)29-49(50)37-24-26-47-43-14-4-10-31-8-2-12-41(52(31)43)45-18-6-16-39(37)54(45)47/h1-29H. The van der Waals surface area contributed by atoms with Gasteiger partial charge in [-0.25, -0.2) is 0 Å². The highest BCUT2D eigenvalue weighted by atomic mass is 35.5. The SMILES string of the molecule is Clc1cc2ccc3cc(-c4ccc5c6cccc7cccc(c8cccc4c85)c76)ccc3c2cc1-c1ccc2c3cccc4cccc(c5cccc1c52)c43. The van der Waals surface area contributed by atoms with Crippen molar-refractivity contribution in [2.24, 2.45) is 0 Å². The largest absolute Gasteiger partial charge is 0.0836 e. The summed E-state index contributed by atoms with van der Waals surface area (Å²) in [6, 6.07) is 65.4. The Bertz CT molecular complexity index is 3680. The minimum absolute atomic E-state index is 0.767. The van der Waals surface area contributed by atoms with Gasteiger partial charge in [-0.15, -0.1) is 0 Å². The van der Waals surface area contributed by atoms with E-state index < -0.39 is 0 Å². The molecule has 13 aromatic carbocycles. The summed E-state index contributed by atoms with van der Waals surface area (Å²) < 4.78 is 0. The van der Waals surface area contributed by atoms with Crippen molar-refractivity contribution in [3.8, 4) is 22.3 Å². The third kappa shape index (κ3) is 3.92. The van der Waals surface area contributed by atoms with Crippen molar-refractivity contribution in [3.05, 3.63) is 181 Å². The number of benzene rings is 13. The molecule has 13 aromatic rings.